The standard InChI is InChI=1S/C10H9F3N2O7/c11-10(12,13)7(18)14-4-3-21-15(6(4)17)9(8(19)20)2-1-5(16)22-9/h4H,1-3H2,(H,14,18)(H,19,20). The lowest BCUT2D eigenvalue weighted by molar-refractivity contribution is -0.256. The zero-order valence-electron chi connectivity index (χ0n) is 10.7. The third kappa shape index (κ3) is 2.56. The first-order valence-corrected chi connectivity index (χ1v) is 5.88. The van der Waals surface area contributed by atoms with Crippen LogP contribution in [0.1, 0.15) is 12.8 Å². The molecule has 0 aliphatic carbocycles. The lowest BCUT2D eigenvalue weighted by Gasteiger charge is -2.30. The second kappa shape index (κ2) is 5.12. The zero-order chi connectivity index (χ0) is 16.7. The van der Waals surface area contributed by atoms with E-state index in [4.69, 9.17) is 9.94 Å². The van der Waals surface area contributed by atoms with Crippen molar-refractivity contribution in [1.29, 1.82) is 0 Å². The lowest BCUT2D eigenvalue weighted by atomic mass is 10.1. The fourth-order valence-electron chi connectivity index (χ4n) is 1.99. The van der Waals surface area contributed by atoms with Crippen LogP contribution in [0.5, 0.6) is 0 Å². The van der Waals surface area contributed by atoms with Gasteiger partial charge in [0, 0.05) is 6.42 Å². The summed E-state index contributed by atoms with van der Waals surface area (Å²) < 4.78 is 41.0. The molecule has 2 aliphatic rings. The van der Waals surface area contributed by atoms with E-state index in [9.17, 15) is 32.3 Å². The van der Waals surface area contributed by atoms with Gasteiger partial charge in [0.25, 0.3) is 5.91 Å². The highest BCUT2D eigenvalue weighted by molar-refractivity contribution is 5.94. The highest BCUT2D eigenvalue weighted by Gasteiger charge is 2.59. The molecule has 2 atom stereocenters. The lowest BCUT2D eigenvalue weighted by Crippen LogP contribution is -2.57. The van der Waals surface area contributed by atoms with Crippen molar-refractivity contribution < 1.29 is 47.0 Å². The smallest absolute Gasteiger partial charge is 0.471 e. The number of aliphatic carboxylic acids is 1. The minimum absolute atomic E-state index is 0.182. The molecule has 2 amide bonds. The fourth-order valence-corrected chi connectivity index (χ4v) is 1.99. The molecule has 0 aromatic carbocycles. The van der Waals surface area contributed by atoms with Crippen LogP contribution in [0.3, 0.4) is 0 Å². The van der Waals surface area contributed by atoms with E-state index in [2.05, 4.69) is 4.74 Å². The number of carboxylic acids is 1. The maximum absolute atomic E-state index is 12.1. The van der Waals surface area contributed by atoms with Crippen LogP contribution in [-0.2, 0) is 28.8 Å². The number of ether oxygens (including phenoxy) is 1. The maximum atomic E-state index is 12.1. The summed E-state index contributed by atoms with van der Waals surface area (Å²) in [5, 5.41) is 10.7. The number of alkyl halides is 3. The van der Waals surface area contributed by atoms with E-state index in [1.54, 1.807) is 0 Å². The molecule has 2 saturated heterocycles. The Hall–Kier alpha value is -2.37. The molecule has 9 nitrogen and oxygen atoms in total. The van der Waals surface area contributed by atoms with E-state index >= 15 is 0 Å². The summed E-state index contributed by atoms with van der Waals surface area (Å²) in [6, 6.07) is -1.73. The minimum atomic E-state index is -5.21. The molecule has 2 unspecified atom stereocenters. The van der Waals surface area contributed by atoms with Gasteiger partial charge in [0.1, 0.15) is 12.6 Å². The Kier molecular flexibility index (Phi) is 3.73. The molecule has 2 fully saturated rings. The maximum Gasteiger partial charge on any atom is 0.471 e. The average Bonchev–Trinajstić information content (AvgIpc) is 2.94. The Labute approximate surface area is 119 Å². The Bertz CT molecular complexity index is 549. The molecule has 122 valence electrons. The number of nitrogens with zero attached hydrogens (tertiary/aromatic N) is 1. The van der Waals surface area contributed by atoms with Gasteiger partial charge in [-0.25, -0.2) is 4.79 Å². The molecule has 0 aromatic rings. The number of carboxylic acid groups (broad SMARTS) is 1. The van der Waals surface area contributed by atoms with Crippen LogP contribution in [0.25, 0.3) is 0 Å². The largest absolute Gasteiger partial charge is 0.477 e. The average molecular weight is 326 g/mol. The van der Waals surface area contributed by atoms with Crippen LogP contribution >= 0.6 is 0 Å². The Balaban J connectivity index is 2.15. The first kappa shape index (κ1) is 16.0. The number of esters is 1. The van der Waals surface area contributed by atoms with Gasteiger partial charge in [-0.15, -0.1) is 0 Å². The molecule has 2 heterocycles. The Morgan fingerprint density at radius 1 is 1.36 bits per heavy atom. The highest BCUT2D eigenvalue weighted by Crippen LogP contribution is 2.34. The molecule has 12 heteroatoms. The number of hydrogen-bond donors (Lipinski definition) is 2. The van der Waals surface area contributed by atoms with Gasteiger partial charge in [-0.2, -0.15) is 18.2 Å². The Morgan fingerprint density at radius 3 is 2.45 bits per heavy atom. The summed E-state index contributed by atoms with van der Waals surface area (Å²) >= 11 is 0. The minimum Gasteiger partial charge on any atom is -0.477 e. The number of hydrogen-bond acceptors (Lipinski definition) is 6. The van der Waals surface area contributed by atoms with Crippen molar-refractivity contribution in [2.24, 2.45) is 0 Å². The summed E-state index contributed by atoms with van der Waals surface area (Å²) in [5.74, 6) is -6.24. The number of carbonyl (C=O) groups excluding carboxylic acids is 3. The molecular formula is C10H9F3N2O7. The van der Waals surface area contributed by atoms with Gasteiger partial charge in [-0.05, 0) is 0 Å². The van der Waals surface area contributed by atoms with E-state index in [1.807, 2.05) is 0 Å². The molecule has 0 radical (unpaired) electrons. The van der Waals surface area contributed by atoms with Crippen LogP contribution in [0.15, 0.2) is 0 Å². The van der Waals surface area contributed by atoms with Crippen LogP contribution in [0.4, 0.5) is 13.2 Å². The number of cyclic esters (lactones) is 1. The predicted molar refractivity (Wildman–Crippen MR) is 56.5 cm³/mol. The number of hydroxylamine groups is 2. The van der Waals surface area contributed by atoms with Gasteiger partial charge in [0.15, 0.2) is 0 Å². The van der Waals surface area contributed by atoms with Gasteiger partial charge in [0.2, 0.25) is 0 Å². The second-order valence-electron chi connectivity index (χ2n) is 4.52. The van der Waals surface area contributed by atoms with E-state index in [1.165, 1.54) is 5.32 Å². The number of amides is 2. The summed E-state index contributed by atoms with van der Waals surface area (Å²) in [4.78, 5) is 49.9. The first-order chi connectivity index (χ1) is 10.1. The van der Waals surface area contributed by atoms with Crippen LogP contribution in [-0.4, -0.2) is 58.5 Å². The first-order valence-electron chi connectivity index (χ1n) is 5.88. The summed E-state index contributed by atoms with van der Waals surface area (Å²) in [6.45, 7) is -0.715. The molecular weight excluding hydrogens is 317 g/mol. The van der Waals surface area contributed by atoms with Crippen molar-refractivity contribution in [2.75, 3.05) is 6.61 Å². The Morgan fingerprint density at radius 2 is 2.00 bits per heavy atom. The number of nitrogens with one attached hydrogen (secondary N) is 1. The van der Waals surface area contributed by atoms with Crippen molar-refractivity contribution in [2.45, 2.75) is 30.8 Å². The number of halogens is 3. The van der Waals surface area contributed by atoms with Crippen molar-refractivity contribution >= 4 is 23.8 Å². The van der Waals surface area contributed by atoms with Crippen molar-refractivity contribution in [3.05, 3.63) is 0 Å². The molecule has 2 rings (SSSR count). The van der Waals surface area contributed by atoms with E-state index in [-0.39, 0.29) is 11.5 Å². The molecule has 0 saturated carbocycles. The molecule has 22 heavy (non-hydrogen) atoms. The number of carbonyl (C=O) groups is 4. The zero-order valence-corrected chi connectivity index (χ0v) is 10.7. The number of rotatable bonds is 3. The summed E-state index contributed by atoms with van der Waals surface area (Å²) in [6.07, 6.45) is -5.94. The van der Waals surface area contributed by atoms with Crippen molar-refractivity contribution in [1.82, 2.24) is 10.4 Å². The van der Waals surface area contributed by atoms with Crippen LogP contribution in [0.2, 0.25) is 0 Å². The van der Waals surface area contributed by atoms with E-state index in [0.29, 0.717) is 0 Å². The third-order valence-corrected chi connectivity index (χ3v) is 3.04. The van der Waals surface area contributed by atoms with Crippen LogP contribution in [0, 0.1) is 0 Å². The fraction of sp³-hybridized carbons (Fsp3) is 0.600. The topological polar surface area (TPSA) is 122 Å². The van der Waals surface area contributed by atoms with Gasteiger partial charge in [0.05, 0.1) is 6.42 Å². The second-order valence-corrected chi connectivity index (χ2v) is 4.52. The molecule has 2 N–H and O–H groups in total. The van der Waals surface area contributed by atoms with Gasteiger partial charge < -0.3 is 15.2 Å². The van der Waals surface area contributed by atoms with Crippen molar-refractivity contribution in [3.63, 3.8) is 0 Å². The van der Waals surface area contributed by atoms with Gasteiger partial charge >= 0.3 is 29.7 Å². The van der Waals surface area contributed by atoms with Gasteiger partial charge in [-0.1, -0.05) is 0 Å². The monoisotopic (exact) mass is 326 g/mol. The quantitative estimate of drug-likeness (QED) is 0.633. The van der Waals surface area contributed by atoms with Gasteiger partial charge in [-0.3, -0.25) is 19.2 Å². The molecule has 0 spiro atoms. The summed E-state index contributed by atoms with van der Waals surface area (Å²) in [5.41, 5.74) is -2.44. The van der Waals surface area contributed by atoms with E-state index < -0.39 is 54.7 Å². The third-order valence-electron chi connectivity index (χ3n) is 3.04. The SMILES string of the molecule is O=C1CCC(C(=O)O)(N2OCC(NC(=O)C(F)(F)F)C2=O)O1. The summed E-state index contributed by atoms with van der Waals surface area (Å²) in [7, 11) is 0. The van der Waals surface area contributed by atoms with Crippen LogP contribution < -0.4 is 5.32 Å². The molecule has 0 aromatic heterocycles. The van der Waals surface area contributed by atoms with Crippen molar-refractivity contribution in [3.8, 4) is 0 Å². The highest BCUT2D eigenvalue weighted by atomic mass is 19.4. The molecule has 2 aliphatic heterocycles. The molecule has 0 bridgehead atoms. The van der Waals surface area contributed by atoms with E-state index in [0.717, 1.165) is 0 Å². The normalized spacial score (nSPS) is 28.7. The predicted octanol–water partition coefficient (Wildman–Crippen LogP) is -1.07.